The van der Waals surface area contributed by atoms with Crippen LogP contribution >= 0.6 is 15.9 Å². The zero-order valence-corrected chi connectivity index (χ0v) is 7.38. The Labute approximate surface area is 74.1 Å². The third-order valence-electron chi connectivity index (χ3n) is 1.27. The minimum absolute atomic E-state index is 0.688. The second kappa shape index (κ2) is 3.95. The summed E-state index contributed by atoms with van der Waals surface area (Å²) in [5.41, 5.74) is 1.72. The minimum Gasteiger partial charge on any atom is -0.192 e. The van der Waals surface area contributed by atoms with E-state index in [0.717, 1.165) is 5.56 Å². The molecule has 1 rings (SSSR count). The van der Waals surface area contributed by atoms with E-state index in [2.05, 4.69) is 22.0 Å². The summed E-state index contributed by atoms with van der Waals surface area (Å²) >= 11 is 3.17. The first-order valence-electron chi connectivity index (χ1n) is 3.14. The van der Waals surface area contributed by atoms with Crippen LogP contribution in [0.3, 0.4) is 0 Å². The summed E-state index contributed by atoms with van der Waals surface area (Å²) in [4.78, 5) is 1.77. The number of nitrogens with zero attached hydrogens (tertiary/aromatic N) is 1. The Kier molecular flexibility index (Phi) is 2.88. The van der Waals surface area contributed by atoms with E-state index in [1.54, 1.807) is 11.1 Å². The lowest BCUT2D eigenvalue weighted by Crippen LogP contribution is -1.74. The van der Waals surface area contributed by atoms with Crippen molar-refractivity contribution >= 4 is 22.0 Å². The van der Waals surface area contributed by atoms with Gasteiger partial charge in [0.25, 0.3) is 0 Å². The molecule has 0 radical (unpaired) electrons. The van der Waals surface area contributed by atoms with Crippen LogP contribution in [0.4, 0.5) is 0 Å². The van der Waals surface area contributed by atoms with Crippen molar-refractivity contribution in [3.05, 3.63) is 40.4 Å². The van der Waals surface area contributed by atoms with E-state index in [1.165, 1.54) is 0 Å². The van der Waals surface area contributed by atoms with E-state index in [0.29, 0.717) is 5.56 Å². The second-order valence-electron chi connectivity index (χ2n) is 2.03. The molecular weight excluding hydrogens is 202 g/mol. The van der Waals surface area contributed by atoms with Gasteiger partial charge in [-0.05, 0) is 28.8 Å². The lowest BCUT2D eigenvalue weighted by molar-refractivity contribution is 1.48. The van der Waals surface area contributed by atoms with Gasteiger partial charge in [-0.15, -0.1) is 0 Å². The molecule has 1 aromatic carbocycles. The molecule has 0 aliphatic rings. The van der Waals surface area contributed by atoms with Gasteiger partial charge in [-0.3, -0.25) is 0 Å². The van der Waals surface area contributed by atoms with Crippen LogP contribution in [0.25, 0.3) is 6.08 Å². The van der Waals surface area contributed by atoms with E-state index in [-0.39, 0.29) is 0 Å². The summed E-state index contributed by atoms with van der Waals surface area (Å²) in [6, 6.07) is 9.50. The molecule has 0 amide bonds. The third-order valence-corrected chi connectivity index (χ3v) is 1.54. The highest BCUT2D eigenvalue weighted by molar-refractivity contribution is 9.11. The molecule has 11 heavy (non-hydrogen) atoms. The first-order valence-corrected chi connectivity index (χ1v) is 4.05. The number of benzene rings is 1. The second-order valence-corrected chi connectivity index (χ2v) is 2.56. The Morgan fingerprint density at radius 2 is 2.27 bits per heavy atom. The average Bonchev–Trinajstić information content (AvgIpc) is 2.06. The molecule has 0 bridgehead atoms. The van der Waals surface area contributed by atoms with Gasteiger partial charge in [-0.25, -0.2) is 0 Å². The van der Waals surface area contributed by atoms with Gasteiger partial charge in [0.2, 0.25) is 0 Å². The highest BCUT2D eigenvalue weighted by Crippen LogP contribution is 2.06. The van der Waals surface area contributed by atoms with Crippen molar-refractivity contribution in [3.8, 4) is 6.07 Å². The number of halogens is 1. The van der Waals surface area contributed by atoms with Crippen LogP contribution in [0.15, 0.2) is 29.3 Å². The van der Waals surface area contributed by atoms with Crippen molar-refractivity contribution in [2.75, 3.05) is 0 Å². The first kappa shape index (κ1) is 8.03. The van der Waals surface area contributed by atoms with Crippen molar-refractivity contribution in [2.24, 2.45) is 0 Å². The van der Waals surface area contributed by atoms with Gasteiger partial charge in [0.05, 0.1) is 11.6 Å². The zero-order chi connectivity index (χ0) is 8.10. The van der Waals surface area contributed by atoms with Gasteiger partial charge in [-0.2, -0.15) is 5.26 Å². The van der Waals surface area contributed by atoms with Crippen molar-refractivity contribution in [1.29, 1.82) is 5.26 Å². The number of hydrogen-bond donors (Lipinski definition) is 0. The molecule has 1 nitrogen and oxygen atoms in total. The van der Waals surface area contributed by atoms with Crippen LogP contribution in [-0.4, -0.2) is 0 Å². The predicted molar refractivity (Wildman–Crippen MR) is 49.1 cm³/mol. The molecule has 0 aliphatic heterocycles. The fourth-order valence-electron chi connectivity index (χ4n) is 0.785. The monoisotopic (exact) mass is 207 g/mol. The molecule has 2 heteroatoms. The van der Waals surface area contributed by atoms with Crippen LogP contribution in [0.5, 0.6) is 0 Å². The molecule has 0 aliphatic carbocycles. The number of hydrogen-bond acceptors (Lipinski definition) is 1. The van der Waals surface area contributed by atoms with Gasteiger partial charge in [0.1, 0.15) is 0 Å². The SMILES string of the molecule is N#Cc1cccc(/C=C/Br)c1. The van der Waals surface area contributed by atoms with Crippen LogP contribution in [0.2, 0.25) is 0 Å². The molecule has 0 saturated carbocycles. The smallest absolute Gasteiger partial charge is 0.0991 e. The normalized spacial score (nSPS) is 9.82. The van der Waals surface area contributed by atoms with Crippen LogP contribution < -0.4 is 0 Å². The number of nitriles is 1. The molecule has 1 aromatic rings. The summed E-state index contributed by atoms with van der Waals surface area (Å²) in [5, 5.41) is 8.54. The standard InChI is InChI=1S/C9H6BrN/c10-5-4-8-2-1-3-9(6-8)7-11/h1-6H/b5-4+. The highest BCUT2D eigenvalue weighted by Gasteiger charge is 1.88. The van der Waals surface area contributed by atoms with Crippen LogP contribution in [0, 0.1) is 11.3 Å². The lowest BCUT2D eigenvalue weighted by Gasteiger charge is -1.91. The Morgan fingerprint density at radius 3 is 2.91 bits per heavy atom. The number of rotatable bonds is 1. The largest absolute Gasteiger partial charge is 0.192 e. The maximum Gasteiger partial charge on any atom is 0.0991 e. The predicted octanol–water partition coefficient (Wildman–Crippen LogP) is 2.92. The zero-order valence-electron chi connectivity index (χ0n) is 5.79. The summed E-state index contributed by atoms with van der Waals surface area (Å²) in [6.45, 7) is 0. The van der Waals surface area contributed by atoms with Gasteiger partial charge in [0.15, 0.2) is 0 Å². The summed E-state index contributed by atoms with van der Waals surface area (Å²) in [7, 11) is 0. The molecule has 0 aromatic heterocycles. The molecule has 0 heterocycles. The maximum absolute atomic E-state index is 8.54. The van der Waals surface area contributed by atoms with Crippen molar-refractivity contribution < 1.29 is 0 Å². The van der Waals surface area contributed by atoms with Crippen molar-refractivity contribution in [3.63, 3.8) is 0 Å². The van der Waals surface area contributed by atoms with Crippen LogP contribution in [0.1, 0.15) is 11.1 Å². The van der Waals surface area contributed by atoms with Crippen molar-refractivity contribution in [2.45, 2.75) is 0 Å². The van der Waals surface area contributed by atoms with E-state index in [4.69, 9.17) is 5.26 Å². The molecule has 0 atom stereocenters. The molecule has 54 valence electrons. The Bertz CT molecular complexity index is 310. The van der Waals surface area contributed by atoms with E-state index < -0.39 is 0 Å². The molecule has 0 fully saturated rings. The molecule has 0 saturated heterocycles. The molecular formula is C9H6BrN. The third kappa shape index (κ3) is 2.21. The van der Waals surface area contributed by atoms with E-state index in [9.17, 15) is 0 Å². The summed E-state index contributed by atoms with van der Waals surface area (Å²) in [5.74, 6) is 0. The fraction of sp³-hybridized carbons (Fsp3) is 0. The lowest BCUT2D eigenvalue weighted by atomic mass is 10.1. The van der Waals surface area contributed by atoms with Crippen molar-refractivity contribution in [1.82, 2.24) is 0 Å². The van der Waals surface area contributed by atoms with Gasteiger partial charge in [-0.1, -0.05) is 28.1 Å². The molecule has 0 N–H and O–H groups in total. The van der Waals surface area contributed by atoms with E-state index in [1.807, 2.05) is 24.3 Å². The average molecular weight is 208 g/mol. The molecule has 0 spiro atoms. The van der Waals surface area contributed by atoms with Gasteiger partial charge >= 0.3 is 0 Å². The van der Waals surface area contributed by atoms with Gasteiger partial charge < -0.3 is 0 Å². The Balaban J connectivity index is 3.03. The van der Waals surface area contributed by atoms with E-state index >= 15 is 0 Å². The van der Waals surface area contributed by atoms with Crippen LogP contribution in [-0.2, 0) is 0 Å². The topological polar surface area (TPSA) is 23.8 Å². The maximum atomic E-state index is 8.54. The first-order chi connectivity index (χ1) is 5.36. The highest BCUT2D eigenvalue weighted by atomic mass is 79.9. The molecule has 0 unspecified atom stereocenters. The fourth-order valence-corrected chi connectivity index (χ4v) is 1.09. The Hall–Kier alpha value is -1.07. The van der Waals surface area contributed by atoms with Gasteiger partial charge in [0, 0.05) is 0 Å². The summed E-state index contributed by atoms with van der Waals surface area (Å²) < 4.78 is 0. The minimum atomic E-state index is 0.688. The summed E-state index contributed by atoms with van der Waals surface area (Å²) in [6.07, 6.45) is 1.89. The quantitative estimate of drug-likeness (QED) is 0.695. The Morgan fingerprint density at radius 1 is 1.45 bits per heavy atom.